The zero-order valence-corrected chi connectivity index (χ0v) is 11.6. The van der Waals surface area contributed by atoms with Crippen molar-refractivity contribution < 1.29 is 0 Å². The van der Waals surface area contributed by atoms with E-state index >= 15 is 0 Å². The Bertz CT molecular complexity index is 491. The lowest BCUT2D eigenvalue weighted by Gasteiger charge is -2.15. The summed E-state index contributed by atoms with van der Waals surface area (Å²) < 4.78 is 0. The van der Waals surface area contributed by atoms with Crippen molar-refractivity contribution in [1.82, 2.24) is 10.2 Å². The van der Waals surface area contributed by atoms with Crippen molar-refractivity contribution >= 4 is 0 Å². The summed E-state index contributed by atoms with van der Waals surface area (Å²) in [4.78, 5) is 0. The van der Waals surface area contributed by atoms with Gasteiger partial charge in [-0.25, -0.2) is 0 Å². The highest BCUT2D eigenvalue weighted by Crippen LogP contribution is 2.22. The highest BCUT2D eigenvalue weighted by Gasteiger charge is 2.13. The van der Waals surface area contributed by atoms with Crippen LogP contribution in [0.3, 0.4) is 0 Å². The Morgan fingerprint density at radius 3 is 2.37 bits per heavy atom. The lowest BCUT2D eigenvalue weighted by molar-refractivity contribution is 0.646. The van der Waals surface area contributed by atoms with Crippen molar-refractivity contribution in [2.24, 2.45) is 11.7 Å². The van der Waals surface area contributed by atoms with Crippen LogP contribution in [0.15, 0.2) is 42.6 Å². The van der Waals surface area contributed by atoms with Crippen LogP contribution in [-0.2, 0) is 6.42 Å². The predicted octanol–water partition coefficient (Wildman–Crippen LogP) is 2.77. The van der Waals surface area contributed by atoms with E-state index in [0.717, 1.165) is 12.1 Å². The van der Waals surface area contributed by atoms with Crippen LogP contribution in [0.4, 0.5) is 0 Å². The average Bonchev–Trinajstić information content (AvgIpc) is 2.42. The van der Waals surface area contributed by atoms with E-state index < -0.39 is 0 Å². The van der Waals surface area contributed by atoms with Crippen molar-refractivity contribution in [3.63, 3.8) is 0 Å². The molecule has 0 radical (unpaired) electrons. The second kappa shape index (κ2) is 6.43. The van der Waals surface area contributed by atoms with E-state index in [-0.39, 0.29) is 5.92 Å². The van der Waals surface area contributed by atoms with Gasteiger partial charge in [-0.2, -0.15) is 10.2 Å². The minimum absolute atomic E-state index is 0.127. The third-order valence-electron chi connectivity index (χ3n) is 3.21. The molecule has 1 unspecified atom stereocenters. The van der Waals surface area contributed by atoms with Crippen LogP contribution >= 0.6 is 0 Å². The first-order chi connectivity index (χ1) is 9.20. The summed E-state index contributed by atoms with van der Waals surface area (Å²) in [5.41, 5.74) is 9.39. The standard InChI is InChI=1S/C16H21N3/c1-12(2)10-13-5-7-14(8-6-13)15(11-17)16-4-3-9-18-19-16/h3-9,12,15H,10-11,17H2,1-2H3. The predicted molar refractivity (Wildman–Crippen MR) is 77.9 cm³/mol. The van der Waals surface area contributed by atoms with Crippen LogP contribution < -0.4 is 5.73 Å². The lowest BCUT2D eigenvalue weighted by atomic mass is 9.93. The van der Waals surface area contributed by atoms with Gasteiger partial charge in [0.1, 0.15) is 0 Å². The molecule has 0 aliphatic heterocycles. The van der Waals surface area contributed by atoms with Crippen LogP contribution in [0.5, 0.6) is 0 Å². The van der Waals surface area contributed by atoms with Crippen molar-refractivity contribution in [3.8, 4) is 0 Å². The lowest BCUT2D eigenvalue weighted by Crippen LogP contribution is -2.15. The summed E-state index contributed by atoms with van der Waals surface area (Å²) in [7, 11) is 0. The topological polar surface area (TPSA) is 51.8 Å². The molecular formula is C16H21N3. The third kappa shape index (κ3) is 3.61. The minimum Gasteiger partial charge on any atom is -0.329 e. The van der Waals surface area contributed by atoms with Crippen LogP contribution in [-0.4, -0.2) is 16.7 Å². The molecule has 2 N–H and O–H groups in total. The molecule has 2 rings (SSSR count). The highest BCUT2D eigenvalue weighted by atomic mass is 15.1. The molecule has 0 amide bonds. The Labute approximate surface area is 114 Å². The summed E-state index contributed by atoms with van der Waals surface area (Å²) in [6, 6.07) is 12.6. The van der Waals surface area contributed by atoms with E-state index in [0.29, 0.717) is 12.5 Å². The molecule has 1 atom stereocenters. The molecule has 0 saturated carbocycles. The van der Waals surface area contributed by atoms with Crippen LogP contribution in [0.25, 0.3) is 0 Å². The summed E-state index contributed by atoms with van der Waals surface area (Å²) in [5.74, 6) is 0.804. The van der Waals surface area contributed by atoms with Crippen molar-refractivity contribution in [3.05, 3.63) is 59.4 Å². The maximum Gasteiger partial charge on any atom is 0.0718 e. The molecule has 0 aliphatic carbocycles. The zero-order valence-electron chi connectivity index (χ0n) is 11.6. The molecule has 0 saturated heterocycles. The molecular weight excluding hydrogens is 234 g/mol. The number of aromatic nitrogens is 2. The molecule has 0 spiro atoms. The SMILES string of the molecule is CC(C)Cc1ccc(C(CN)c2cccnn2)cc1. The molecule has 1 aromatic heterocycles. The number of nitrogens with two attached hydrogens (primary N) is 1. The normalized spacial score (nSPS) is 12.6. The largest absolute Gasteiger partial charge is 0.329 e. The summed E-state index contributed by atoms with van der Waals surface area (Å²) >= 11 is 0. The molecule has 3 nitrogen and oxygen atoms in total. The van der Waals surface area contributed by atoms with E-state index in [1.807, 2.05) is 12.1 Å². The molecule has 3 heteroatoms. The molecule has 100 valence electrons. The highest BCUT2D eigenvalue weighted by molar-refractivity contribution is 5.31. The van der Waals surface area contributed by atoms with Crippen LogP contribution in [0.1, 0.15) is 36.6 Å². The van der Waals surface area contributed by atoms with Crippen molar-refractivity contribution in [1.29, 1.82) is 0 Å². The molecule has 0 bridgehead atoms. The van der Waals surface area contributed by atoms with Gasteiger partial charge in [-0.1, -0.05) is 38.1 Å². The van der Waals surface area contributed by atoms with Gasteiger partial charge in [-0.3, -0.25) is 0 Å². The van der Waals surface area contributed by atoms with Gasteiger partial charge >= 0.3 is 0 Å². The van der Waals surface area contributed by atoms with E-state index in [2.05, 4.69) is 48.3 Å². The third-order valence-corrected chi connectivity index (χ3v) is 3.21. The minimum atomic E-state index is 0.127. The Morgan fingerprint density at radius 1 is 1.11 bits per heavy atom. The number of hydrogen-bond acceptors (Lipinski definition) is 3. The fourth-order valence-electron chi connectivity index (χ4n) is 2.28. The number of nitrogens with zero attached hydrogens (tertiary/aromatic N) is 2. The molecule has 1 heterocycles. The average molecular weight is 255 g/mol. The van der Waals surface area contributed by atoms with Gasteiger partial charge in [0.15, 0.2) is 0 Å². The van der Waals surface area contributed by atoms with Crippen LogP contribution in [0.2, 0.25) is 0 Å². The smallest absolute Gasteiger partial charge is 0.0718 e. The number of benzene rings is 1. The van der Waals surface area contributed by atoms with Crippen LogP contribution in [0, 0.1) is 5.92 Å². The quantitative estimate of drug-likeness (QED) is 0.893. The first-order valence-corrected chi connectivity index (χ1v) is 6.77. The number of hydrogen-bond donors (Lipinski definition) is 1. The first kappa shape index (κ1) is 13.7. The maximum absolute atomic E-state index is 5.89. The Morgan fingerprint density at radius 2 is 1.84 bits per heavy atom. The van der Waals surface area contributed by atoms with E-state index in [9.17, 15) is 0 Å². The van der Waals surface area contributed by atoms with Crippen molar-refractivity contribution in [2.75, 3.05) is 6.54 Å². The van der Waals surface area contributed by atoms with Gasteiger partial charge in [0, 0.05) is 18.7 Å². The van der Waals surface area contributed by atoms with Gasteiger partial charge < -0.3 is 5.73 Å². The second-order valence-electron chi connectivity index (χ2n) is 5.28. The molecule has 19 heavy (non-hydrogen) atoms. The Kier molecular flexibility index (Phi) is 4.63. The van der Waals surface area contributed by atoms with Gasteiger partial charge in [0.05, 0.1) is 5.69 Å². The van der Waals surface area contributed by atoms with E-state index in [4.69, 9.17) is 5.73 Å². The molecule has 0 fully saturated rings. The zero-order chi connectivity index (χ0) is 13.7. The number of rotatable bonds is 5. The van der Waals surface area contributed by atoms with Crippen molar-refractivity contribution in [2.45, 2.75) is 26.2 Å². The first-order valence-electron chi connectivity index (χ1n) is 6.77. The Hall–Kier alpha value is -1.74. The van der Waals surface area contributed by atoms with Gasteiger partial charge in [0.25, 0.3) is 0 Å². The summed E-state index contributed by atoms with van der Waals surface area (Å²) in [6.45, 7) is 5.01. The van der Waals surface area contributed by atoms with E-state index in [1.54, 1.807) is 6.20 Å². The summed E-state index contributed by atoms with van der Waals surface area (Å²) in [5, 5.41) is 8.10. The molecule has 0 aliphatic rings. The summed E-state index contributed by atoms with van der Waals surface area (Å²) in [6.07, 6.45) is 2.79. The van der Waals surface area contributed by atoms with E-state index in [1.165, 1.54) is 11.1 Å². The maximum atomic E-state index is 5.89. The molecule has 2 aromatic rings. The monoisotopic (exact) mass is 255 g/mol. The Balaban J connectivity index is 2.20. The van der Waals surface area contributed by atoms with Gasteiger partial charge in [-0.15, -0.1) is 0 Å². The fourth-order valence-corrected chi connectivity index (χ4v) is 2.28. The second-order valence-corrected chi connectivity index (χ2v) is 5.28. The fraction of sp³-hybridized carbons (Fsp3) is 0.375. The van der Waals surface area contributed by atoms with Gasteiger partial charge in [0.2, 0.25) is 0 Å². The van der Waals surface area contributed by atoms with Gasteiger partial charge in [-0.05, 0) is 35.6 Å². The molecule has 1 aromatic carbocycles.